The van der Waals surface area contributed by atoms with Gasteiger partial charge in [0.15, 0.2) is 5.82 Å². The highest BCUT2D eigenvalue weighted by molar-refractivity contribution is 5.84. The summed E-state index contributed by atoms with van der Waals surface area (Å²) in [5.74, 6) is 0.685. The molecule has 1 amide bonds. The van der Waals surface area contributed by atoms with Crippen molar-refractivity contribution in [1.29, 1.82) is 0 Å². The Kier molecular flexibility index (Phi) is 4.66. The van der Waals surface area contributed by atoms with Gasteiger partial charge >= 0.3 is 0 Å². The zero-order chi connectivity index (χ0) is 15.2. The van der Waals surface area contributed by atoms with Crippen LogP contribution in [0.15, 0.2) is 42.6 Å². The molecule has 0 unspecified atom stereocenters. The summed E-state index contributed by atoms with van der Waals surface area (Å²) in [5, 5.41) is 0. The zero-order valence-electron chi connectivity index (χ0n) is 12.1. The lowest BCUT2D eigenvalue weighted by atomic mass is 10.2. The number of carbonyl (C=O) groups excluding carboxylic acids is 2. The number of amides is 1. The quantitative estimate of drug-likeness (QED) is 0.765. The second-order valence-corrected chi connectivity index (χ2v) is 4.51. The van der Waals surface area contributed by atoms with Crippen LogP contribution in [-0.4, -0.2) is 31.3 Å². The van der Waals surface area contributed by atoms with E-state index in [0.29, 0.717) is 17.9 Å². The van der Waals surface area contributed by atoms with Gasteiger partial charge in [-0.2, -0.15) is 0 Å². The van der Waals surface area contributed by atoms with Crippen LogP contribution in [0.2, 0.25) is 0 Å². The fourth-order valence-electron chi connectivity index (χ4n) is 2.07. The van der Waals surface area contributed by atoms with Crippen LogP contribution in [0.3, 0.4) is 0 Å². The number of anilines is 3. The van der Waals surface area contributed by atoms with Crippen LogP contribution >= 0.6 is 0 Å². The van der Waals surface area contributed by atoms with E-state index in [-0.39, 0.29) is 0 Å². The summed E-state index contributed by atoms with van der Waals surface area (Å²) in [7, 11) is 1.88. The lowest BCUT2D eigenvalue weighted by Gasteiger charge is -2.25. The lowest BCUT2D eigenvalue weighted by Crippen LogP contribution is -2.24. The Morgan fingerprint density at radius 1 is 1.14 bits per heavy atom. The van der Waals surface area contributed by atoms with Crippen LogP contribution < -0.4 is 9.80 Å². The Labute approximate surface area is 123 Å². The fraction of sp³-hybridized carbons (Fsp3) is 0.188. The topological polar surface area (TPSA) is 53.5 Å². The first-order valence-electron chi connectivity index (χ1n) is 6.67. The number of rotatable bonds is 6. The van der Waals surface area contributed by atoms with E-state index in [1.165, 1.54) is 0 Å². The van der Waals surface area contributed by atoms with Crippen LogP contribution in [0.5, 0.6) is 0 Å². The minimum Gasteiger partial charge on any atom is -0.328 e. The second-order valence-electron chi connectivity index (χ2n) is 4.51. The van der Waals surface area contributed by atoms with Crippen molar-refractivity contribution in [3.05, 3.63) is 48.2 Å². The van der Waals surface area contributed by atoms with E-state index in [0.717, 1.165) is 24.1 Å². The third kappa shape index (κ3) is 3.08. The number of aromatic nitrogens is 1. The molecule has 2 aromatic rings. The van der Waals surface area contributed by atoms with Gasteiger partial charge in [-0.05, 0) is 43.3 Å². The Bertz CT molecular complexity index is 626. The van der Waals surface area contributed by atoms with Gasteiger partial charge in [0.2, 0.25) is 6.41 Å². The fourth-order valence-corrected chi connectivity index (χ4v) is 2.07. The van der Waals surface area contributed by atoms with Gasteiger partial charge in [-0.25, -0.2) is 4.98 Å². The predicted molar refractivity (Wildman–Crippen MR) is 83.2 cm³/mol. The highest BCUT2D eigenvalue weighted by atomic mass is 16.1. The molecule has 0 saturated heterocycles. The number of aldehydes is 1. The van der Waals surface area contributed by atoms with E-state index < -0.39 is 0 Å². The molecule has 2 rings (SSSR count). The third-order valence-electron chi connectivity index (χ3n) is 3.28. The Morgan fingerprint density at radius 3 is 2.43 bits per heavy atom. The summed E-state index contributed by atoms with van der Waals surface area (Å²) >= 11 is 0. The lowest BCUT2D eigenvalue weighted by molar-refractivity contribution is -0.107. The Balaban J connectivity index is 2.40. The minimum atomic E-state index is 0.570. The number of hydrogen-bond acceptors (Lipinski definition) is 4. The standard InChI is InChI=1S/C16H17N3O2/c1-3-19(12-21)15-5-4-10-17-16(15)18(2)14-8-6-13(11-20)7-9-14/h4-12H,3H2,1-2H3. The monoisotopic (exact) mass is 283 g/mol. The van der Waals surface area contributed by atoms with Gasteiger partial charge in [0, 0.05) is 31.0 Å². The van der Waals surface area contributed by atoms with E-state index in [2.05, 4.69) is 4.98 Å². The molecule has 5 heteroatoms. The van der Waals surface area contributed by atoms with Crippen LogP contribution in [0.25, 0.3) is 0 Å². The van der Waals surface area contributed by atoms with Gasteiger partial charge in [0.1, 0.15) is 6.29 Å². The first kappa shape index (κ1) is 14.7. The van der Waals surface area contributed by atoms with E-state index in [4.69, 9.17) is 0 Å². The molecule has 0 atom stereocenters. The largest absolute Gasteiger partial charge is 0.328 e. The van der Waals surface area contributed by atoms with Crippen LogP contribution in [-0.2, 0) is 4.79 Å². The van der Waals surface area contributed by atoms with Crippen molar-refractivity contribution >= 4 is 29.9 Å². The molecule has 5 nitrogen and oxygen atoms in total. The van der Waals surface area contributed by atoms with E-state index in [1.54, 1.807) is 29.3 Å². The smallest absolute Gasteiger partial charge is 0.214 e. The molecule has 21 heavy (non-hydrogen) atoms. The van der Waals surface area contributed by atoms with Crippen LogP contribution in [0.1, 0.15) is 17.3 Å². The molecule has 0 radical (unpaired) electrons. The maximum atomic E-state index is 11.2. The molecule has 0 aliphatic carbocycles. The third-order valence-corrected chi connectivity index (χ3v) is 3.28. The number of hydrogen-bond donors (Lipinski definition) is 0. The van der Waals surface area contributed by atoms with Crippen molar-refractivity contribution in [3.63, 3.8) is 0 Å². The molecule has 0 aliphatic rings. The van der Waals surface area contributed by atoms with Crippen molar-refractivity contribution in [1.82, 2.24) is 4.98 Å². The van der Waals surface area contributed by atoms with Gasteiger partial charge in [0.05, 0.1) is 5.69 Å². The van der Waals surface area contributed by atoms with Gasteiger partial charge in [-0.1, -0.05) is 0 Å². The molecule has 0 spiro atoms. The first-order valence-corrected chi connectivity index (χ1v) is 6.67. The number of pyridine rings is 1. The van der Waals surface area contributed by atoms with Crippen molar-refractivity contribution < 1.29 is 9.59 Å². The molecule has 1 heterocycles. The van der Waals surface area contributed by atoms with Crippen LogP contribution in [0, 0.1) is 0 Å². The molecule has 108 valence electrons. The maximum absolute atomic E-state index is 11.2. The number of benzene rings is 1. The molecule has 0 N–H and O–H groups in total. The average molecular weight is 283 g/mol. The second kappa shape index (κ2) is 6.65. The molecule has 0 aliphatic heterocycles. The Morgan fingerprint density at radius 2 is 1.86 bits per heavy atom. The van der Waals surface area contributed by atoms with Crippen molar-refractivity contribution in [2.24, 2.45) is 0 Å². The molecule has 1 aromatic carbocycles. The maximum Gasteiger partial charge on any atom is 0.214 e. The minimum absolute atomic E-state index is 0.570. The summed E-state index contributed by atoms with van der Waals surface area (Å²) in [4.78, 5) is 29.7. The Hall–Kier alpha value is -2.69. The molecular weight excluding hydrogens is 266 g/mol. The molecule has 0 fully saturated rings. The predicted octanol–water partition coefficient (Wildman–Crippen LogP) is 2.64. The number of nitrogens with zero attached hydrogens (tertiary/aromatic N) is 3. The summed E-state index contributed by atoms with van der Waals surface area (Å²) in [6.45, 7) is 2.48. The molecule has 1 aromatic heterocycles. The van der Waals surface area contributed by atoms with E-state index in [9.17, 15) is 9.59 Å². The van der Waals surface area contributed by atoms with Crippen LogP contribution in [0.4, 0.5) is 17.2 Å². The average Bonchev–Trinajstić information content (AvgIpc) is 2.56. The van der Waals surface area contributed by atoms with Gasteiger partial charge in [-0.3, -0.25) is 9.59 Å². The molecule has 0 saturated carbocycles. The van der Waals surface area contributed by atoms with Gasteiger partial charge in [0.25, 0.3) is 0 Å². The summed E-state index contributed by atoms with van der Waals surface area (Å²) in [6.07, 6.45) is 3.29. The molecule has 0 bridgehead atoms. The van der Waals surface area contributed by atoms with E-state index in [1.807, 2.05) is 37.1 Å². The van der Waals surface area contributed by atoms with Crippen molar-refractivity contribution in [2.75, 3.05) is 23.4 Å². The highest BCUT2D eigenvalue weighted by Crippen LogP contribution is 2.30. The normalized spacial score (nSPS) is 10.0. The summed E-state index contributed by atoms with van der Waals surface area (Å²) in [5.41, 5.74) is 2.26. The van der Waals surface area contributed by atoms with Crippen molar-refractivity contribution in [2.45, 2.75) is 6.92 Å². The van der Waals surface area contributed by atoms with Crippen molar-refractivity contribution in [3.8, 4) is 0 Å². The first-order chi connectivity index (χ1) is 10.2. The van der Waals surface area contributed by atoms with Gasteiger partial charge in [-0.15, -0.1) is 0 Å². The number of carbonyl (C=O) groups is 2. The summed E-state index contributed by atoms with van der Waals surface area (Å²) in [6, 6.07) is 10.8. The highest BCUT2D eigenvalue weighted by Gasteiger charge is 2.14. The molecular formula is C16H17N3O2. The summed E-state index contributed by atoms with van der Waals surface area (Å²) < 4.78 is 0. The SMILES string of the molecule is CCN(C=O)c1cccnc1N(C)c1ccc(C=O)cc1. The van der Waals surface area contributed by atoms with E-state index >= 15 is 0 Å². The van der Waals surface area contributed by atoms with Gasteiger partial charge < -0.3 is 9.80 Å². The zero-order valence-corrected chi connectivity index (χ0v) is 12.1.